The first-order valence-electron chi connectivity index (χ1n) is 23.8. The van der Waals surface area contributed by atoms with Crippen molar-refractivity contribution in [1.29, 1.82) is 0 Å². The highest BCUT2D eigenvalue weighted by Crippen LogP contribution is 2.65. The van der Waals surface area contributed by atoms with Crippen molar-refractivity contribution in [3.05, 3.63) is 241 Å². The molecule has 2 aliphatic carbocycles. The molecule has 16 rings (SSSR count). The van der Waals surface area contributed by atoms with E-state index in [9.17, 15) is 0 Å². The molecule has 0 atom stereocenters. The third-order valence-corrected chi connectivity index (χ3v) is 15.0. The van der Waals surface area contributed by atoms with E-state index >= 15 is 0 Å². The van der Waals surface area contributed by atoms with Crippen LogP contribution in [-0.2, 0) is 5.41 Å². The molecule has 4 aromatic heterocycles. The van der Waals surface area contributed by atoms with Crippen LogP contribution in [0.2, 0.25) is 0 Å². The second kappa shape index (κ2) is 13.8. The van der Waals surface area contributed by atoms with Gasteiger partial charge in [-0.25, -0.2) is 15.0 Å². The van der Waals surface area contributed by atoms with E-state index in [0.29, 0.717) is 17.5 Å². The van der Waals surface area contributed by atoms with E-state index in [1.54, 1.807) is 0 Å². The summed E-state index contributed by atoms with van der Waals surface area (Å²) >= 11 is 0. The highest BCUT2D eigenvalue weighted by Gasteiger charge is 2.53. The highest BCUT2D eigenvalue weighted by molar-refractivity contribution is 6.17. The number of para-hydroxylation sites is 3. The molecule has 0 bridgehead atoms. The molecule has 0 aliphatic heterocycles. The Bertz CT molecular complexity index is 4500. The van der Waals surface area contributed by atoms with Gasteiger partial charge in [-0.2, -0.15) is 0 Å². The maximum atomic E-state index is 7.03. The van der Waals surface area contributed by atoms with Crippen molar-refractivity contribution in [3.63, 3.8) is 0 Å². The average Bonchev–Trinajstić information content (AvgIpc) is 4.22. The van der Waals surface area contributed by atoms with Gasteiger partial charge in [0.1, 0.15) is 22.3 Å². The van der Waals surface area contributed by atoms with Crippen LogP contribution >= 0.6 is 0 Å². The van der Waals surface area contributed by atoms with Crippen molar-refractivity contribution in [2.24, 2.45) is 0 Å². The summed E-state index contributed by atoms with van der Waals surface area (Å²) in [6.45, 7) is 0. The Morgan fingerprint density at radius 2 is 0.900 bits per heavy atom. The van der Waals surface area contributed by atoms with Crippen molar-refractivity contribution in [2.45, 2.75) is 5.41 Å². The van der Waals surface area contributed by atoms with Gasteiger partial charge >= 0.3 is 0 Å². The molecule has 4 heterocycles. The van der Waals surface area contributed by atoms with Crippen LogP contribution in [0.3, 0.4) is 0 Å². The molecule has 6 heteroatoms. The summed E-state index contributed by atoms with van der Waals surface area (Å²) in [5, 5.41) is 6.75. The number of furan rings is 2. The van der Waals surface area contributed by atoms with Crippen molar-refractivity contribution in [3.8, 4) is 62.1 Å². The van der Waals surface area contributed by atoms with Crippen molar-refractivity contribution < 1.29 is 8.83 Å². The fourth-order valence-corrected chi connectivity index (χ4v) is 12.2. The van der Waals surface area contributed by atoms with Gasteiger partial charge in [0.2, 0.25) is 0 Å². The SMILES string of the molecule is c1ccc(-c2nc(-c3ccc4c(c3)oc3ccccc34)nc(-c3ccc4c(c3)oc3ccc5c(c34)C3(c4ccccc4-c4ccccc43)c3cc4c(cc3-5)c3ccccc3n4-c3ccccc3)n2)cc1. The maximum Gasteiger partial charge on any atom is 0.164 e. The first-order chi connectivity index (χ1) is 34.7. The number of fused-ring (bicyclic) bond motifs is 20. The van der Waals surface area contributed by atoms with E-state index in [-0.39, 0.29) is 0 Å². The molecule has 6 nitrogen and oxygen atoms in total. The standard InChI is InChI=1S/C64H36N4O2/c1-3-15-37(16-4-1)61-65-62(38-27-29-45-44-22-10-14-26-55(44)69-57(45)33-38)67-63(66-61)39-28-30-47-58(34-39)70-56-32-31-46-48-35-49-43-21-9-13-25-53(43)68(40-17-5-2-6-18-40)54(49)36-52(48)64(60(46)59(47)56)50-23-11-7-19-41(50)42-20-8-12-24-51(42)64/h1-36H. The summed E-state index contributed by atoms with van der Waals surface area (Å²) in [6.07, 6.45) is 0. The molecular weight excluding hydrogens is 857 g/mol. The van der Waals surface area contributed by atoms with Gasteiger partial charge in [0.15, 0.2) is 17.5 Å². The van der Waals surface area contributed by atoms with Crippen LogP contribution in [-0.4, -0.2) is 19.5 Å². The van der Waals surface area contributed by atoms with Crippen LogP contribution in [0.1, 0.15) is 22.3 Å². The van der Waals surface area contributed by atoms with E-state index in [0.717, 1.165) is 66.3 Å². The third kappa shape index (κ3) is 4.98. The Balaban J connectivity index is 0.942. The van der Waals surface area contributed by atoms with Gasteiger partial charge in [-0.3, -0.25) is 0 Å². The summed E-state index contributed by atoms with van der Waals surface area (Å²) in [5.41, 5.74) is 18.8. The lowest BCUT2D eigenvalue weighted by atomic mass is 9.69. The molecule has 10 aromatic carbocycles. The minimum atomic E-state index is -0.631. The summed E-state index contributed by atoms with van der Waals surface area (Å²) in [7, 11) is 0. The van der Waals surface area contributed by atoms with E-state index < -0.39 is 5.41 Å². The number of aromatic nitrogens is 4. The molecule has 2 aliphatic rings. The predicted molar refractivity (Wildman–Crippen MR) is 281 cm³/mol. The highest BCUT2D eigenvalue weighted by atomic mass is 16.3. The molecule has 0 radical (unpaired) electrons. The first kappa shape index (κ1) is 37.7. The molecule has 0 saturated heterocycles. The maximum absolute atomic E-state index is 7.03. The molecule has 70 heavy (non-hydrogen) atoms. The zero-order chi connectivity index (χ0) is 45.7. The van der Waals surface area contributed by atoms with Crippen LogP contribution in [0, 0.1) is 0 Å². The monoisotopic (exact) mass is 892 g/mol. The van der Waals surface area contributed by atoms with Crippen molar-refractivity contribution >= 4 is 65.7 Å². The van der Waals surface area contributed by atoms with Gasteiger partial charge in [-0.15, -0.1) is 0 Å². The average molecular weight is 893 g/mol. The van der Waals surface area contributed by atoms with E-state index in [1.807, 2.05) is 54.6 Å². The summed E-state index contributed by atoms with van der Waals surface area (Å²) < 4.78 is 15.8. The Kier molecular flexibility index (Phi) is 7.45. The normalized spacial score (nSPS) is 13.3. The fourth-order valence-electron chi connectivity index (χ4n) is 12.2. The molecule has 0 N–H and O–H groups in total. The van der Waals surface area contributed by atoms with Crippen LogP contribution in [0.4, 0.5) is 0 Å². The van der Waals surface area contributed by atoms with Gasteiger partial charge in [0.05, 0.1) is 16.4 Å². The fraction of sp³-hybridized carbons (Fsp3) is 0.0156. The third-order valence-electron chi connectivity index (χ3n) is 15.0. The van der Waals surface area contributed by atoms with Gasteiger partial charge < -0.3 is 13.4 Å². The molecule has 1 spiro atoms. The van der Waals surface area contributed by atoms with E-state index in [2.05, 4.69) is 168 Å². The van der Waals surface area contributed by atoms with Crippen LogP contribution < -0.4 is 0 Å². The van der Waals surface area contributed by atoms with Gasteiger partial charge in [-0.1, -0.05) is 152 Å². The topological polar surface area (TPSA) is 69.9 Å². The second-order valence-electron chi connectivity index (χ2n) is 18.6. The number of hydrogen-bond donors (Lipinski definition) is 0. The predicted octanol–water partition coefficient (Wildman–Crippen LogP) is 16.1. The number of hydrogen-bond acceptors (Lipinski definition) is 5. The number of benzene rings is 10. The smallest absolute Gasteiger partial charge is 0.164 e. The number of rotatable bonds is 4. The first-order valence-corrected chi connectivity index (χ1v) is 23.8. The second-order valence-corrected chi connectivity index (χ2v) is 18.6. The number of nitrogens with zero attached hydrogens (tertiary/aromatic N) is 4. The Morgan fingerprint density at radius 1 is 0.329 bits per heavy atom. The van der Waals surface area contributed by atoms with E-state index in [4.69, 9.17) is 23.8 Å². The van der Waals surface area contributed by atoms with Crippen molar-refractivity contribution in [2.75, 3.05) is 0 Å². The molecule has 0 fully saturated rings. The van der Waals surface area contributed by atoms with Crippen LogP contribution in [0.5, 0.6) is 0 Å². The summed E-state index contributed by atoms with van der Waals surface area (Å²) in [4.78, 5) is 15.4. The molecular formula is C64H36N4O2. The molecule has 0 amide bonds. The zero-order valence-corrected chi connectivity index (χ0v) is 37.4. The lowest BCUT2D eigenvalue weighted by Gasteiger charge is -2.31. The van der Waals surface area contributed by atoms with Gasteiger partial charge in [-0.05, 0) is 111 Å². The zero-order valence-electron chi connectivity index (χ0n) is 37.4. The molecule has 324 valence electrons. The van der Waals surface area contributed by atoms with Gasteiger partial charge in [0, 0.05) is 54.7 Å². The Labute approximate surface area is 400 Å². The lowest BCUT2D eigenvalue weighted by molar-refractivity contribution is 0.668. The van der Waals surface area contributed by atoms with Crippen LogP contribution in [0.25, 0.3) is 128 Å². The Hall–Kier alpha value is -9.39. The molecule has 0 unspecified atom stereocenters. The largest absolute Gasteiger partial charge is 0.456 e. The minimum Gasteiger partial charge on any atom is -0.456 e. The van der Waals surface area contributed by atoms with Gasteiger partial charge in [0.25, 0.3) is 0 Å². The molecule has 14 aromatic rings. The minimum absolute atomic E-state index is 0.557. The summed E-state index contributed by atoms with van der Waals surface area (Å²) in [5.74, 6) is 1.71. The van der Waals surface area contributed by atoms with Crippen molar-refractivity contribution in [1.82, 2.24) is 19.5 Å². The lowest BCUT2D eigenvalue weighted by Crippen LogP contribution is -2.26. The van der Waals surface area contributed by atoms with E-state index in [1.165, 1.54) is 66.3 Å². The Morgan fingerprint density at radius 3 is 1.64 bits per heavy atom. The summed E-state index contributed by atoms with van der Waals surface area (Å²) in [6, 6.07) is 77.9. The molecule has 0 saturated carbocycles. The van der Waals surface area contributed by atoms with Crippen LogP contribution in [0.15, 0.2) is 227 Å². The quantitative estimate of drug-likeness (QED) is 0.176.